The van der Waals surface area contributed by atoms with E-state index in [9.17, 15) is 13.2 Å². The van der Waals surface area contributed by atoms with Crippen LogP contribution < -0.4 is 10.1 Å². The predicted octanol–water partition coefficient (Wildman–Crippen LogP) is 3.25. The molecule has 1 aliphatic heterocycles. The first-order chi connectivity index (χ1) is 9.98. The second kappa shape index (κ2) is 5.07. The zero-order valence-electron chi connectivity index (χ0n) is 11.3. The number of hydrogen-bond donors (Lipinski definition) is 1. The maximum atomic E-state index is 12.3. The van der Waals surface area contributed by atoms with E-state index >= 15 is 0 Å². The molecule has 4 nitrogen and oxygen atoms in total. The van der Waals surface area contributed by atoms with Crippen molar-refractivity contribution in [3.63, 3.8) is 0 Å². The van der Waals surface area contributed by atoms with Crippen molar-refractivity contribution < 1.29 is 22.6 Å². The Labute approximate surface area is 118 Å². The van der Waals surface area contributed by atoms with Gasteiger partial charge in [0.1, 0.15) is 5.75 Å². The first-order valence-corrected chi connectivity index (χ1v) is 6.44. The van der Waals surface area contributed by atoms with Crippen molar-refractivity contribution in [3.05, 3.63) is 29.5 Å². The van der Waals surface area contributed by atoms with E-state index in [0.29, 0.717) is 30.5 Å². The van der Waals surface area contributed by atoms with Crippen molar-refractivity contribution in [1.82, 2.24) is 4.98 Å². The molecule has 112 valence electrons. The molecule has 7 heteroatoms. The molecule has 0 atom stereocenters. The Kier molecular flexibility index (Phi) is 3.36. The molecule has 0 amide bonds. The summed E-state index contributed by atoms with van der Waals surface area (Å²) >= 11 is 0. The molecule has 1 N–H and O–H groups in total. The van der Waals surface area contributed by atoms with Gasteiger partial charge in [-0.2, -0.15) is 0 Å². The summed E-state index contributed by atoms with van der Waals surface area (Å²) in [6, 6.07) is 4.15. The number of pyridine rings is 1. The molecule has 0 aliphatic carbocycles. The van der Waals surface area contributed by atoms with Crippen LogP contribution in [0.3, 0.4) is 0 Å². The van der Waals surface area contributed by atoms with Gasteiger partial charge in [0.2, 0.25) is 0 Å². The lowest BCUT2D eigenvalue weighted by molar-refractivity contribution is -0.274. The van der Waals surface area contributed by atoms with Crippen molar-refractivity contribution >= 4 is 16.6 Å². The van der Waals surface area contributed by atoms with Crippen LogP contribution in [0, 0.1) is 0 Å². The topological polar surface area (TPSA) is 43.4 Å². The highest BCUT2D eigenvalue weighted by atomic mass is 19.4. The molecule has 0 radical (unpaired) electrons. The van der Waals surface area contributed by atoms with Gasteiger partial charge in [-0.1, -0.05) is 0 Å². The number of halogens is 3. The van der Waals surface area contributed by atoms with Gasteiger partial charge in [-0.15, -0.1) is 13.2 Å². The smallest absolute Gasteiger partial charge is 0.406 e. The SMILES string of the molecule is CNc1c2c(nc3ccc(OC(F)(F)F)cc13)CCOC2. The van der Waals surface area contributed by atoms with E-state index in [1.54, 1.807) is 7.05 Å². The summed E-state index contributed by atoms with van der Waals surface area (Å²) in [4.78, 5) is 4.51. The lowest BCUT2D eigenvalue weighted by Gasteiger charge is -2.21. The standard InChI is InChI=1S/C14H13F3N2O2/c1-18-13-9-6-8(21-14(15,16)17)2-3-11(9)19-12-4-5-20-7-10(12)13/h2-3,6H,4-5,7H2,1H3,(H,18,19). The van der Waals surface area contributed by atoms with Gasteiger partial charge in [0.25, 0.3) is 0 Å². The third-order valence-electron chi connectivity index (χ3n) is 3.36. The Balaban J connectivity index is 2.15. The van der Waals surface area contributed by atoms with Gasteiger partial charge < -0.3 is 14.8 Å². The van der Waals surface area contributed by atoms with Crippen LogP contribution in [0.1, 0.15) is 11.3 Å². The van der Waals surface area contributed by atoms with Gasteiger partial charge in [-0.3, -0.25) is 4.98 Å². The van der Waals surface area contributed by atoms with Gasteiger partial charge in [0.15, 0.2) is 0 Å². The first-order valence-electron chi connectivity index (χ1n) is 6.44. The van der Waals surface area contributed by atoms with Crippen LogP contribution in [0.25, 0.3) is 10.9 Å². The number of nitrogens with zero attached hydrogens (tertiary/aromatic N) is 1. The number of hydrogen-bond acceptors (Lipinski definition) is 4. The molecular weight excluding hydrogens is 285 g/mol. The molecule has 21 heavy (non-hydrogen) atoms. The molecular formula is C14H13F3N2O2. The summed E-state index contributed by atoms with van der Waals surface area (Å²) in [7, 11) is 1.72. The third kappa shape index (κ3) is 2.73. The van der Waals surface area contributed by atoms with E-state index in [1.807, 2.05) is 0 Å². The number of fused-ring (bicyclic) bond motifs is 2. The second-order valence-corrected chi connectivity index (χ2v) is 4.69. The van der Waals surface area contributed by atoms with Crippen molar-refractivity contribution in [2.75, 3.05) is 19.0 Å². The van der Waals surface area contributed by atoms with Crippen LogP contribution in [-0.2, 0) is 17.8 Å². The zero-order valence-corrected chi connectivity index (χ0v) is 11.3. The maximum Gasteiger partial charge on any atom is 0.573 e. The number of aromatic nitrogens is 1. The Bertz CT molecular complexity index is 686. The van der Waals surface area contributed by atoms with Crippen LogP contribution in [0.5, 0.6) is 5.75 Å². The summed E-state index contributed by atoms with van der Waals surface area (Å²) in [6.07, 6.45) is -4.01. The van der Waals surface area contributed by atoms with Crippen LogP contribution in [0.15, 0.2) is 18.2 Å². The molecule has 1 aromatic carbocycles. The average Bonchev–Trinajstić information content (AvgIpc) is 2.43. The summed E-state index contributed by atoms with van der Waals surface area (Å²) in [6.45, 7) is 1.00. The molecule has 0 saturated carbocycles. The number of nitrogens with one attached hydrogen (secondary N) is 1. The Morgan fingerprint density at radius 1 is 1.33 bits per heavy atom. The fraction of sp³-hybridized carbons (Fsp3) is 0.357. The molecule has 3 rings (SSSR count). The number of anilines is 1. The van der Waals surface area contributed by atoms with Gasteiger partial charge >= 0.3 is 6.36 Å². The monoisotopic (exact) mass is 298 g/mol. The Morgan fingerprint density at radius 2 is 2.14 bits per heavy atom. The number of ether oxygens (including phenoxy) is 2. The normalized spacial score (nSPS) is 14.9. The first kappa shape index (κ1) is 13.9. The fourth-order valence-electron chi connectivity index (χ4n) is 2.52. The maximum absolute atomic E-state index is 12.3. The van der Waals surface area contributed by atoms with Crippen LogP contribution in [-0.4, -0.2) is 25.0 Å². The predicted molar refractivity (Wildman–Crippen MR) is 71.3 cm³/mol. The summed E-state index contributed by atoms with van der Waals surface area (Å²) < 4.78 is 46.3. The van der Waals surface area contributed by atoms with E-state index in [2.05, 4.69) is 15.0 Å². The molecule has 0 unspecified atom stereocenters. The molecule has 1 aromatic heterocycles. The molecule has 1 aliphatic rings. The number of benzene rings is 1. The van der Waals surface area contributed by atoms with E-state index in [1.165, 1.54) is 18.2 Å². The molecule has 0 fully saturated rings. The van der Waals surface area contributed by atoms with E-state index in [4.69, 9.17) is 4.74 Å². The molecule has 0 saturated heterocycles. The molecule has 0 bridgehead atoms. The number of rotatable bonds is 2. The van der Waals surface area contributed by atoms with E-state index < -0.39 is 6.36 Å². The van der Waals surface area contributed by atoms with Crippen molar-refractivity contribution in [2.45, 2.75) is 19.4 Å². The van der Waals surface area contributed by atoms with Gasteiger partial charge in [-0.25, -0.2) is 0 Å². The summed E-state index contributed by atoms with van der Waals surface area (Å²) in [5.41, 5.74) is 3.18. The van der Waals surface area contributed by atoms with Gasteiger partial charge in [0, 0.05) is 24.4 Å². The number of alkyl halides is 3. The van der Waals surface area contributed by atoms with Gasteiger partial charge in [0.05, 0.1) is 30.1 Å². The zero-order chi connectivity index (χ0) is 15.0. The largest absolute Gasteiger partial charge is 0.573 e. The highest BCUT2D eigenvalue weighted by Crippen LogP contribution is 2.34. The molecule has 0 spiro atoms. The second-order valence-electron chi connectivity index (χ2n) is 4.69. The summed E-state index contributed by atoms with van der Waals surface area (Å²) in [5.74, 6) is -0.259. The lowest BCUT2D eigenvalue weighted by atomic mass is 10.0. The van der Waals surface area contributed by atoms with Crippen molar-refractivity contribution in [2.24, 2.45) is 0 Å². The summed E-state index contributed by atoms with van der Waals surface area (Å²) in [5, 5.41) is 3.62. The average molecular weight is 298 g/mol. The van der Waals surface area contributed by atoms with E-state index in [-0.39, 0.29) is 5.75 Å². The molecule has 2 aromatic rings. The van der Waals surface area contributed by atoms with Crippen LogP contribution >= 0.6 is 0 Å². The molecule has 2 heterocycles. The minimum absolute atomic E-state index is 0.259. The Hall–Kier alpha value is -2.02. The van der Waals surface area contributed by atoms with Crippen molar-refractivity contribution in [3.8, 4) is 5.75 Å². The quantitative estimate of drug-likeness (QED) is 0.924. The Morgan fingerprint density at radius 3 is 2.86 bits per heavy atom. The van der Waals surface area contributed by atoms with E-state index in [0.717, 1.165) is 16.9 Å². The van der Waals surface area contributed by atoms with Crippen molar-refractivity contribution in [1.29, 1.82) is 0 Å². The lowest BCUT2D eigenvalue weighted by Crippen LogP contribution is -2.17. The highest BCUT2D eigenvalue weighted by molar-refractivity contribution is 5.94. The van der Waals surface area contributed by atoms with Gasteiger partial charge in [-0.05, 0) is 18.2 Å². The van der Waals surface area contributed by atoms with Crippen LogP contribution in [0.2, 0.25) is 0 Å². The third-order valence-corrected chi connectivity index (χ3v) is 3.36. The highest BCUT2D eigenvalue weighted by Gasteiger charge is 2.31. The minimum atomic E-state index is -4.71. The minimum Gasteiger partial charge on any atom is -0.406 e. The fourth-order valence-corrected chi connectivity index (χ4v) is 2.52. The van der Waals surface area contributed by atoms with Crippen LogP contribution in [0.4, 0.5) is 18.9 Å².